The first-order chi connectivity index (χ1) is 12.2. The van der Waals surface area contributed by atoms with E-state index in [4.69, 9.17) is 0 Å². The summed E-state index contributed by atoms with van der Waals surface area (Å²) in [5, 5.41) is -0.289. The predicted octanol–water partition coefficient (Wildman–Crippen LogP) is 5.36. The van der Waals surface area contributed by atoms with Crippen LogP contribution in [0.4, 0.5) is 9.18 Å². The van der Waals surface area contributed by atoms with E-state index in [-0.39, 0.29) is 28.9 Å². The minimum Gasteiger partial charge on any atom is -0.268 e. The largest absolute Gasteiger partial charge is 0.293 e. The Balaban J connectivity index is 1.76. The van der Waals surface area contributed by atoms with E-state index in [1.807, 2.05) is 24.3 Å². The van der Waals surface area contributed by atoms with Crippen LogP contribution in [0.5, 0.6) is 0 Å². The highest BCUT2D eigenvalue weighted by molar-refractivity contribution is 8.18. The molecule has 0 N–H and O–H groups in total. The molecular formula is C21H20FNO2S. The third-order valence-electron chi connectivity index (χ3n) is 4.20. The van der Waals surface area contributed by atoms with Gasteiger partial charge >= 0.3 is 0 Å². The summed E-state index contributed by atoms with van der Waals surface area (Å²) >= 11 is 0.912. The maximum Gasteiger partial charge on any atom is 0.293 e. The van der Waals surface area contributed by atoms with Crippen molar-refractivity contribution in [1.29, 1.82) is 0 Å². The van der Waals surface area contributed by atoms with Gasteiger partial charge in [-0.15, -0.1) is 0 Å². The second-order valence-corrected chi connectivity index (χ2v) is 8.26. The lowest BCUT2D eigenvalue weighted by atomic mass is 9.87. The van der Waals surface area contributed by atoms with Crippen LogP contribution >= 0.6 is 11.8 Å². The number of nitrogens with zero attached hydrogens (tertiary/aromatic N) is 1. The molecule has 2 amide bonds. The van der Waals surface area contributed by atoms with Gasteiger partial charge in [-0.3, -0.25) is 14.5 Å². The zero-order valence-corrected chi connectivity index (χ0v) is 15.8. The zero-order chi connectivity index (χ0) is 18.9. The van der Waals surface area contributed by atoms with Crippen LogP contribution in [-0.4, -0.2) is 16.0 Å². The van der Waals surface area contributed by atoms with E-state index in [9.17, 15) is 14.0 Å². The number of imide groups is 1. The predicted molar refractivity (Wildman–Crippen MR) is 103 cm³/mol. The number of benzene rings is 2. The Morgan fingerprint density at radius 3 is 2.19 bits per heavy atom. The summed E-state index contributed by atoms with van der Waals surface area (Å²) in [7, 11) is 0. The second kappa shape index (κ2) is 7.08. The summed E-state index contributed by atoms with van der Waals surface area (Å²) in [4.78, 5) is 26.4. The number of thioether (sulfide) groups is 1. The van der Waals surface area contributed by atoms with E-state index in [0.29, 0.717) is 10.5 Å². The summed E-state index contributed by atoms with van der Waals surface area (Å²) in [6, 6.07) is 13.8. The average molecular weight is 369 g/mol. The number of rotatable bonds is 3. The lowest BCUT2D eigenvalue weighted by Crippen LogP contribution is -2.27. The van der Waals surface area contributed by atoms with Crippen LogP contribution in [-0.2, 0) is 16.8 Å². The van der Waals surface area contributed by atoms with Gasteiger partial charge in [0.15, 0.2) is 0 Å². The summed E-state index contributed by atoms with van der Waals surface area (Å²) < 4.78 is 13.0. The summed E-state index contributed by atoms with van der Waals surface area (Å²) in [6.07, 6.45) is 1.62. The number of carbonyl (C=O) groups is 2. The Kier molecular flexibility index (Phi) is 5.01. The molecule has 2 aromatic carbocycles. The minimum absolute atomic E-state index is 0.0543. The molecule has 0 bridgehead atoms. The van der Waals surface area contributed by atoms with Crippen LogP contribution in [0.15, 0.2) is 53.4 Å². The maximum atomic E-state index is 13.0. The van der Waals surface area contributed by atoms with E-state index in [0.717, 1.165) is 17.3 Å². The molecule has 3 rings (SSSR count). The first-order valence-corrected chi connectivity index (χ1v) is 9.16. The minimum atomic E-state index is -0.339. The van der Waals surface area contributed by atoms with Gasteiger partial charge in [-0.2, -0.15) is 0 Å². The highest BCUT2D eigenvalue weighted by atomic mass is 32.2. The van der Waals surface area contributed by atoms with Crippen molar-refractivity contribution in [3.05, 3.63) is 75.9 Å². The molecule has 3 nitrogen and oxygen atoms in total. The maximum absolute atomic E-state index is 13.0. The number of hydrogen-bond donors (Lipinski definition) is 0. The first kappa shape index (κ1) is 18.4. The van der Waals surface area contributed by atoms with Crippen LogP contribution in [0.2, 0.25) is 0 Å². The molecular weight excluding hydrogens is 349 g/mol. The van der Waals surface area contributed by atoms with Gasteiger partial charge in [-0.1, -0.05) is 57.2 Å². The molecule has 5 heteroatoms. The Hall–Kier alpha value is -2.40. The van der Waals surface area contributed by atoms with Gasteiger partial charge in [-0.05, 0) is 52.1 Å². The molecule has 0 aromatic heterocycles. The fraction of sp³-hybridized carbons (Fsp3) is 0.238. The fourth-order valence-electron chi connectivity index (χ4n) is 2.64. The molecule has 0 atom stereocenters. The Morgan fingerprint density at radius 2 is 1.62 bits per heavy atom. The number of halogens is 1. The molecule has 2 aromatic rings. The first-order valence-electron chi connectivity index (χ1n) is 8.34. The van der Waals surface area contributed by atoms with Crippen LogP contribution in [0.3, 0.4) is 0 Å². The van der Waals surface area contributed by atoms with Crippen molar-refractivity contribution in [1.82, 2.24) is 4.90 Å². The van der Waals surface area contributed by atoms with Gasteiger partial charge in [0.2, 0.25) is 0 Å². The normalized spacial score (nSPS) is 16.6. The monoisotopic (exact) mass is 369 g/mol. The van der Waals surface area contributed by atoms with Crippen molar-refractivity contribution in [2.45, 2.75) is 32.7 Å². The second-order valence-electron chi connectivity index (χ2n) is 7.27. The van der Waals surface area contributed by atoms with Crippen molar-refractivity contribution in [2.75, 3.05) is 0 Å². The summed E-state index contributed by atoms with van der Waals surface area (Å²) in [5.74, 6) is -0.654. The quantitative estimate of drug-likeness (QED) is 0.684. The van der Waals surface area contributed by atoms with E-state index >= 15 is 0 Å². The number of amides is 2. The molecule has 134 valence electrons. The van der Waals surface area contributed by atoms with Gasteiger partial charge in [-0.25, -0.2) is 4.39 Å². The molecule has 0 spiro atoms. The Morgan fingerprint density at radius 1 is 1.00 bits per heavy atom. The van der Waals surface area contributed by atoms with Gasteiger partial charge in [0.25, 0.3) is 11.1 Å². The molecule has 26 heavy (non-hydrogen) atoms. The molecule has 1 fully saturated rings. The Labute approximate surface area is 156 Å². The molecule has 0 saturated carbocycles. The van der Waals surface area contributed by atoms with Gasteiger partial charge in [0.05, 0.1) is 11.4 Å². The smallest absolute Gasteiger partial charge is 0.268 e. The van der Waals surface area contributed by atoms with Crippen LogP contribution in [0.25, 0.3) is 6.08 Å². The van der Waals surface area contributed by atoms with Crippen molar-refractivity contribution in [3.63, 3.8) is 0 Å². The van der Waals surface area contributed by atoms with Gasteiger partial charge < -0.3 is 0 Å². The van der Waals surface area contributed by atoms with Crippen LogP contribution < -0.4 is 0 Å². The van der Waals surface area contributed by atoms with Gasteiger partial charge in [0, 0.05) is 0 Å². The zero-order valence-electron chi connectivity index (χ0n) is 15.0. The SMILES string of the molecule is CC(C)(C)c1ccc(CN2C(=O)S/C(=C/c3ccc(F)cc3)C2=O)cc1. The van der Waals surface area contributed by atoms with E-state index in [2.05, 4.69) is 20.8 Å². The van der Waals surface area contributed by atoms with E-state index < -0.39 is 0 Å². The van der Waals surface area contributed by atoms with Crippen molar-refractivity contribution >= 4 is 29.0 Å². The standard InChI is InChI=1S/C21H20FNO2S/c1-21(2,3)16-8-4-15(5-9-16)13-23-19(24)18(26-20(23)25)12-14-6-10-17(22)11-7-14/h4-12H,13H2,1-3H3/b18-12+. The molecule has 1 aliphatic rings. The van der Waals surface area contributed by atoms with Crippen molar-refractivity contribution in [2.24, 2.45) is 0 Å². The third kappa shape index (κ3) is 4.05. The van der Waals surface area contributed by atoms with E-state index in [1.54, 1.807) is 18.2 Å². The topological polar surface area (TPSA) is 37.4 Å². The van der Waals surface area contributed by atoms with Gasteiger partial charge in [0.1, 0.15) is 5.82 Å². The van der Waals surface area contributed by atoms with Crippen LogP contribution in [0.1, 0.15) is 37.5 Å². The molecule has 1 saturated heterocycles. The molecule has 0 radical (unpaired) electrons. The van der Waals surface area contributed by atoms with Crippen molar-refractivity contribution < 1.29 is 14.0 Å². The fourth-order valence-corrected chi connectivity index (χ4v) is 3.48. The lowest BCUT2D eigenvalue weighted by Gasteiger charge is -2.20. The average Bonchev–Trinajstić information content (AvgIpc) is 2.84. The third-order valence-corrected chi connectivity index (χ3v) is 5.11. The van der Waals surface area contributed by atoms with Crippen LogP contribution in [0, 0.1) is 5.82 Å². The molecule has 0 unspecified atom stereocenters. The molecule has 1 aliphatic heterocycles. The molecule has 1 heterocycles. The Bertz CT molecular complexity index is 864. The highest BCUT2D eigenvalue weighted by Crippen LogP contribution is 2.33. The molecule has 0 aliphatic carbocycles. The summed E-state index contributed by atoms with van der Waals surface area (Å²) in [6.45, 7) is 6.66. The van der Waals surface area contributed by atoms with Crippen molar-refractivity contribution in [3.8, 4) is 0 Å². The summed E-state index contributed by atoms with van der Waals surface area (Å²) in [5.41, 5.74) is 2.85. The lowest BCUT2D eigenvalue weighted by molar-refractivity contribution is -0.123. The number of hydrogen-bond acceptors (Lipinski definition) is 3. The van der Waals surface area contributed by atoms with E-state index in [1.165, 1.54) is 22.6 Å². The highest BCUT2D eigenvalue weighted by Gasteiger charge is 2.35. The number of carbonyl (C=O) groups excluding carboxylic acids is 2.